The zero-order valence-corrected chi connectivity index (χ0v) is 18.4. The maximum absolute atomic E-state index is 13.4. The first-order valence-electron chi connectivity index (χ1n) is 10.3. The summed E-state index contributed by atoms with van der Waals surface area (Å²) in [6.45, 7) is 4.12. The molecule has 2 heterocycles. The minimum atomic E-state index is -3.91. The van der Waals surface area contributed by atoms with Gasteiger partial charge in [-0.25, -0.2) is 13.4 Å². The number of hydrogen-bond donors (Lipinski definition) is 1. The third kappa shape index (κ3) is 3.38. The summed E-state index contributed by atoms with van der Waals surface area (Å²) in [5.41, 5.74) is 2.79. The van der Waals surface area contributed by atoms with E-state index in [2.05, 4.69) is 34.5 Å². The second kappa shape index (κ2) is 7.72. The number of rotatable bonds is 5. The molecule has 0 aliphatic heterocycles. The zero-order valence-electron chi connectivity index (χ0n) is 17.6. The smallest absolute Gasteiger partial charge is 0.229 e. The number of hydrogen-bond acceptors (Lipinski definition) is 6. The Hall–Kier alpha value is -3.78. The topological polar surface area (TPSA) is 89.2 Å². The summed E-state index contributed by atoms with van der Waals surface area (Å²) in [6.07, 6.45) is 0. The SMILES string of the molecule is CC(C)c1ccc(S(=O)(=O)c2nnn3c2nc(Nc2ccccc2)c2ccccc23)cc1. The van der Waals surface area contributed by atoms with Gasteiger partial charge in [-0.2, -0.15) is 4.52 Å². The van der Waals surface area contributed by atoms with Crippen molar-refractivity contribution < 1.29 is 8.42 Å². The molecule has 7 nitrogen and oxygen atoms in total. The van der Waals surface area contributed by atoms with Crippen LogP contribution < -0.4 is 5.32 Å². The molecular weight excluding hydrogens is 422 g/mol. The van der Waals surface area contributed by atoms with Gasteiger partial charge in [0.25, 0.3) is 0 Å². The zero-order chi connectivity index (χ0) is 22.3. The first-order valence-corrected chi connectivity index (χ1v) is 11.7. The van der Waals surface area contributed by atoms with E-state index >= 15 is 0 Å². The van der Waals surface area contributed by atoms with Crippen LogP contribution in [-0.2, 0) is 9.84 Å². The first kappa shape index (κ1) is 20.1. The molecule has 32 heavy (non-hydrogen) atoms. The van der Waals surface area contributed by atoms with Crippen molar-refractivity contribution >= 4 is 37.9 Å². The number of fused-ring (bicyclic) bond motifs is 3. The van der Waals surface area contributed by atoms with Crippen LogP contribution in [0.25, 0.3) is 16.6 Å². The van der Waals surface area contributed by atoms with Crippen LogP contribution in [0.3, 0.4) is 0 Å². The number of para-hydroxylation sites is 2. The fourth-order valence-electron chi connectivity index (χ4n) is 3.62. The lowest BCUT2D eigenvalue weighted by atomic mass is 10.0. The number of benzene rings is 3. The van der Waals surface area contributed by atoms with Gasteiger partial charge in [0, 0.05) is 11.1 Å². The number of sulfone groups is 1. The van der Waals surface area contributed by atoms with Crippen LogP contribution in [0, 0.1) is 0 Å². The van der Waals surface area contributed by atoms with Gasteiger partial charge in [-0.3, -0.25) is 0 Å². The number of aromatic nitrogens is 4. The quantitative estimate of drug-likeness (QED) is 0.412. The number of anilines is 2. The summed E-state index contributed by atoms with van der Waals surface area (Å²) in [5, 5.41) is 12.1. The molecule has 8 heteroatoms. The van der Waals surface area contributed by atoms with E-state index in [1.807, 2.05) is 66.7 Å². The van der Waals surface area contributed by atoms with Gasteiger partial charge in [-0.1, -0.05) is 61.5 Å². The highest BCUT2D eigenvalue weighted by Crippen LogP contribution is 2.30. The summed E-state index contributed by atoms with van der Waals surface area (Å²) in [4.78, 5) is 4.81. The van der Waals surface area contributed by atoms with Crippen molar-refractivity contribution in [2.75, 3.05) is 5.32 Å². The fourth-order valence-corrected chi connectivity index (χ4v) is 4.85. The van der Waals surface area contributed by atoms with Crippen molar-refractivity contribution in [1.82, 2.24) is 19.8 Å². The molecule has 0 fully saturated rings. The summed E-state index contributed by atoms with van der Waals surface area (Å²) < 4.78 is 28.3. The van der Waals surface area contributed by atoms with Crippen molar-refractivity contribution in [1.29, 1.82) is 0 Å². The Morgan fingerprint density at radius 1 is 0.875 bits per heavy atom. The van der Waals surface area contributed by atoms with Gasteiger partial charge in [0.05, 0.1) is 10.4 Å². The molecule has 0 radical (unpaired) electrons. The van der Waals surface area contributed by atoms with Crippen LogP contribution in [0.1, 0.15) is 25.3 Å². The lowest BCUT2D eigenvalue weighted by Crippen LogP contribution is -2.06. The highest BCUT2D eigenvalue weighted by molar-refractivity contribution is 7.91. The summed E-state index contributed by atoms with van der Waals surface area (Å²) in [6, 6.07) is 24.0. The Kier molecular flexibility index (Phi) is 4.86. The van der Waals surface area contributed by atoms with Crippen molar-refractivity contribution in [3.05, 3.63) is 84.4 Å². The Morgan fingerprint density at radius 2 is 1.56 bits per heavy atom. The van der Waals surface area contributed by atoms with E-state index in [1.165, 1.54) is 4.52 Å². The minimum absolute atomic E-state index is 0.164. The molecule has 5 aromatic rings. The third-order valence-corrected chi connectivity index (χ3v) is 7.04. The molecule has 5 rings (SSSR count). The molecule has 1 N–H and O–H groups in total. The van der Waals surface area contributed by atoms with Gasteiger partial charge >= 0.3 is 0 Å². The highest BCUT2D eigenvalue weighted by atomic mass is 32.2. The average molecular weight is 444 g/mol. The molecule has 0 saturated heterocycles. The maximum atomic E-state index is 13.4. The predicted molar refractivity (Wildman–Crippen MR) is 124 cm³/mol. The van der Waals surface area contributed by atoms with Crippen molar-refractivity contribution in [3.63, 3.8) is 0 Å². The Balaban J connectivity index is 1.69. The van der Waals surface area contributed by atoms with Gasteiger partial charge in [0.2, 0.25) is 14.9 Å². The van der Waals surface area contributed by atoms with Gasteiger partial charge < -0.3 is 5.32 Å². The molecule has 2 aromatic heterocycles. The summed E-state index contributed by atoms with van der Waals surface area (Å²) in [5.74, 6) is 0.842. The Labute approximate surface area is 185 Å². The average Bonchev–Trinajstić information content (AvgIpc) is 3.25. The predicted octanol–water partition coefficient (Wildman–Crippen LogP) is 4.98. The normalized spacial score (nSPS) is 12.0. The van der Waals surface area contributed by atoms with E-state index in [0.29, 0.717) is 17.3 Å². The molecule has 3 aromatic carbocycles. The molecule has 0 aliphatic rings. The summed E-state index contributed by atoms with van der Waals surface area (Å²) in [7, 11) is -3.91. The number of nitrogens with one attached hydrogen (secondary N) is 1. The second-order valence-corrected chi connectivity index (χ2v) is 9.69. The molecular formula is C24H21N5O2S. The molecule has 0 spiro atoms. The van der Waals surface area contributed by atoms with Crippen LogP contribution >= 0.6 is 0 Å². The lowest BCUT2D eigenvalue weighted by Gasteiger charge is -2.10. The van der Waals surface area contributed by atoms with Crippen molar-refractivity contribution in [2.45, 2.75) is 29.7 Å². The van der Waals surface area contributed by atoms with Gasteiger partial charge in [-0.05, 0) is 47.9 Å². The van der Waals surface area contributed by atoms with Crippen LogP contribution in [0.15, 0.2) is 88.8 Å². The monoisotopic (exact) mass is 443 g/mol. The van der Waals surface area contributed by atoms with Gasteiger partial charge in [0.15, 0.2) is 5.65 Å². The van der Waals surface area contributed by atoms with E-state index in [1.54, 1.807) is 12.1 Å². The van der Waals surface area contributed by atoms with Crippen LogP contribution in [0.2, 0.25) is 0 Å². The van der Waals surface area contributed by atoms with Crippen LogP contribution in [0.5, 0.6) is 0 Å². The largest absolute Gasteiger partial charge is 0.340 e. The maximum Gasteiger partial charge on any atom is 0.229 e. The van der Waals surface area contributed by atoms with E-state index in [4.69, 9.17) is 0 Å². The van der Waals surface area contributed by atoms with Crippen LogP contribution in [0.4, 0.5) is 11.5 Å². The van der Waals surface area contributed by atoms with E-state index in [9.17, 15) is 8.42 Å². The fraction of sp³-hybridized carbons (Fsp3) is 0.125. The summed E-state index contributed by atoms with van der Waals surface area (Å²) >= 11 is 0. The molecule has 0 atom stereocenters. The minimum Gasteiger partial charge on any atom is -0.340 e. The van der Waals surface area contributed by atoms with Crippen molar-refractivity contribution in [2.24, 2.45) is 0 Å². The molecule has 160 valence electrons. The van der Waals surface area contributed by atoms with E-state index in [0.717, 1.165) is 16.6 Å². The van der Waals surface area contributed by atoms with E-state index in [-0.39, 0.29) is 15.6 Å². The number of nitrogens with zero attached hydrogens (tertiary/aromatic N) is 4. The Bertz CT molecular complexity index is 1530. The molecule has 0 aliphatic carbocycles. The van der Waals surface area contributed by atoms with Gasteiger partial charge in [0.1, 0.15) is 5.82 Å². The van der Waals surface area contributed by atoms with E-state index < -0.39 is 9.84 Å². The lowest BCUT2D eigenvalue weighted by molar-refractivity contribution is 0.592. The Morgan fingerprint density at radius 3 is 2.28 bits per heavy atom. The van der Waals surface area contributed by atoms with Crippen molar-refractivity contribution in [3.8, 4) is 0 Å². The molecule has 0 bridgehead atoms. The molecule has 0 unspecified atom stereocenters. The van der Waals surface area contributed by atoms with Crippen LogP contribution in [-0.4, -0.2) is 28.2 Å². The first-order chi connectivity index (χ1) is 15.4. The third-order valence-electron chi connectivity index (χ3n) is 5.37. The second-order valence-electron chi connectivity index (χ2n) is 7.83. The molecule has 0 amide bonds. The molecule has 0 saturated carbocycles. The van der Waals surface area contributed by atoms with Gasteiger partial charge in [-0.15, -0.1) is 5.10 Å². The standard InChI is InChI=1S/C24H21N5O2S/c1-16(2)17-12-14-19(15-13-17)32(30,31)24-23-26-22(25-18-8-4-3-5-9-18)20-10-6-7-11-21(20)29(23)28-27-24/h3-16H,1-2H3,(H,25,26). The highest BCUT2D eigenvalue weighted by Gasteiger charge is 2.27.